The van der Waals surface area contributed by atoms with Crippen LogP contribution >= 0.6 is 34.8 Å². The van der Waals surface area contributed by atoms with E-state index >= 15 is 0 Å². The molecule has 10 nitrogen and oxygen atoms in total. The maximum absolute atomic E-state index is 15.0. The molecule has 0 radical (unpaired) electrons. The van der Waals surface area contributed by atoms with Gasteiger partial charge in [0.2, 0.25) is 10.2 Å². The van der Waals surface area contributed by atoms with Crippen molar-refractivity contribution in [1.82, 2.24) is 10.1 Å². The normalized spacial score (nSPS) is 18.1. The number of rotatable bonds is 7. The van der Waals surface area contributed by atoms with Crippen LogP contribution in [0.1, 0.15) is 12.0 Å². The Morgan fingerprint density at radius 3 is 2.75 bits per heavy atom. The lowest BCUT2D eigenvalue weighted by Crippen LogP contribution is -2.40. The summed E-state index contributed by atoms with van der Waals surface area (Å²) >= 11 is 16.9. The molecule has 0 bridgehead atoms. The minimum absolute atomic E-state index is 0.0285. The first-order chi connectivity index (χ1) is 17.1. The summed E-state index contributed by atoms with van der Waals surface area (Å²) in [6.07, 6.45) is 1.93. The zero-order chi connectivity index (χ0) is 25.9. The van der Waals surface area contributed by atoms with E-state index in [1.165, 1.54) is 23.3 Å². The molecule has 1 atom stereocenters. The summed E-state index contributed by atoms with van der Waals surface area (Å²) in [5, 5.41) is 3.72. The third kappa shape index (κ3) is 6.21. The number of hydrogen-bond donors (Lipinski definition) is 0. The Morgan fingerprint density at radius 2 is 2.14 bits per heavy atom. The van der Waals surface area contributed by atoms with Crippen molar-refractivity contribution >= 4 is 70.5 Å². The van der Waals surface area contributed by atoms with Crippen molar-refractivity contribution in [1.29, 1.82) is 0 Å². The molecule has 2 aliphatic heterocycles. The summed E-state index contributed by atoms with van der Waals surface area (Å²) < 4.78 is 28.3. The molecule has 36 heavy (non-hydrogen) atoms. The van der Waals surface area contributed by atoms with Crippen LogP contribution in [0.3, 0.4) is 0 Å². The van der Waals surface area contributed by atoms with Gasteiger partial charge in [0.25, 0.3) is 0 Å². The van der Waals surface area contributed by atoms with Crippen molar-refractivity contribution < 1.29 is 32.8 Å². The van der Waals surface area contributed by atoms with Crippen LogP contribution in [0, 0.1) is 5.82 Å². The Morgan fingerprint density at radius 1 is 1.33 bits per heavy atom. The second-order valence-corrected chi connectivity index (χ2v) is 10.5. The Labute approximate surface area is 220 Å². The van der Waals surface area contributed by atoms with Crippen molar-refractivity contribution in [2.45, 2.75) is 16.3 Å². The maximum Gasteiger partial charge on any atom is 0.415 e. The first-order valence-electron chi connectivity index (χ1n) is 10.7. The zero-order valence-corrected chi connectivity index (χ0v) is 20.9. The molecule has 1 saturated heterocycles. The first kappa shape index (κ1) is 26.1. The van der Waals surface area contributed by atoms with Gasteiger partial charge in [-0.05, 0) is 30.2 Å². The van der Waals surface area contributed by atoms with E-state index < -0.39 is 34.5 Å². The lowest BCUT2D eigenvalue weighted by molar-refractivity contribution is -0.117. The predicted octanol–water partition coefficient (Wildman–Crippen LogP) is 4.40. The summed E-state index contributed by atoms with van der Waals surface area (Å²) in [5.74, 6) is -0.405. The first-order valence-corrected chi connectivity index (χ1v) is 11.9. The fraction of sp³-hybridized carbons (Fsp3) is 0.364. The molecular formula is C22H20Cl3FN4O6. The number of anilines is 2. The van der Waals surface area contributed by atoms with Crippen molar-refractivity contribution in [3.05, 3.63) is 48.0 Å². The molecule has 3 amide bonds. The van der Waals surface area contributed by atoms with E-state index in [1.807, 2.05) is 0 Å². The number of halogens is 4. The average molecular weight is 562 g/mol. The molecule has 0 unspecified atom stereocenters. The van der Waals surface area contributed by atoms with E-state index in [4.69, 9.17) is 48.8 Å². The van der Waals surface area contributed by atoms with Crippen LogP contribution in [0.25, 0.3) is 5.57 Å². The zero-order valence-electron chi connectivity index (χ0n) is 18.6. The molecule has 192 valence electrons. The third-order valence-corrected chi connectivity index (χ3v) is 5.87. The number of nitrogens with zero attached hydrogens (tertiary/aromatic N) is 4. The Kier molecular flexibility index (Phi) is 7.91. The molecule has 1 aromatic heterocycles. The Hall–Kier alpha value is -3.02. The highest BCUT2D eigenvalue weighted by Gasteiger charge is 2.37. The lowest BCUT2D eigenvalue weighted by atomic mass is 9.98. The second-order valence-electron chi connectivity index (χ2n) is 8.00. The van der Waals surface area contributed by atoms with Crippen LogP contribution in [0.5, 0.6) is 0 Å². The summed E-state index contributed by atoms with van der Waals surface area (Å²) in [4.78, 5) is 40.0. The van der Waals surface area contributed by atoms with Crippen LogP contribution in [0.2, 0.25) is 0 Å². The van der Waals surface area contributed by atoms with Crippen molar-refractivity contribution in [2.75, 3.05) is 42.6 Å². The lowest BCUT2D eigenvalue weighted by Gasteiger charge is -2.23. The molecule has 0 N–H and O–H groups in total. The van der Waals surface area contributed by atoms with Gasteiger partial charge in [0, 0.05) is 24.7 Å². The summed E-state index contributed by atoms with van der Waals surface area (Å²) in [5.41, 5.74) is 1.49. The molecule has 3 heterocycles. The molecule has 14 heteroatoms. The fourth-order valence-corrected chi connectivity index (χ4v) is 3.98. The van der Waals surface area contributed by atoms with Gasteiger partial charge >= 0.3 is 12.2 Å². The van der Waals surface area contributed by atoms with E-state index in [0.717, 1.165) is 16.9 Å². The van der Waals surface area contributed by atoms with Crippen molar-refractivity contribution in [3.63, 3.8) is 0 Å². The van der Waals surface area contributed by atoms with E-state index in [1.54, 1.807) is 23.1 Å². The van der Waals surface area contributed by atoms with E-state index in [2.05, 4.69) is 5.16 Å². The minimum atomic E-state index is -1.82. The van der Waals surface area contributed by atoms with Crippen molar-refractivity contribution in [3.8, 4) is 0 Å². The van der Waals surface area contributed by atoms with Gasteiger partial charge in [-0.2, -0.15) is 0 Å². The minimum Gasteiger partial charge on any atom is -0.445 e. The molecule has 0 spiro atoms. The standard InChI is InChI=1S/C22H20Cl3FN4O6/c23-22(24,25)12-34-20(32)30(19-5-8-35-27-19)11-16-10-29(21(33)36-16)15-1-2-17(18(26)9-15)14-3-6-28(13-31)7-4-14/h1-3,5,8-9,13,16H,4,6-7,10-12H2/t16-/m1/s1. The third-order valence-electron chi connectivity index (χ3n) is 5.54. The average Bonchev–Trinajstić information content (AvgIpc) is 3.50. The molecule has 0 saturated carbocycles. The van der Waals surface area contributed by atoms with Crippen LogP contribution in [-0.4, -0.2) is 71.3 Å². The van der Waals surface area contributed by atoms with Gasteiger partial charge in [-0.1, -0.05) is 46.0 Å². The maximum atomic E-state index is 15.0. The molecule has 0 aliphatic carbocycles. The van der Waals surface area contributed by atoms with Gasteiger partial charge in [0.05, 0.1) is 18.8 Å². The highest BCUT2D eigenvalue weighted by molar-refractivity contribution is 6.67. The van der Waals surface area contributed by atoms with Crippen LogP contribution < -0.4 is 9.80 Å². The number of ether oxygens (including phenoxy) is 2. The van der Waals surface area contributed by atoms with Gasteiger partial charge < -0.3 is 18.9 Å². The summed E-state index contributed by atoms with van der Waals surface area (Å²) in [7, 11) is 0. The number of carbonyl (C=O) groups excluding carboxylic acids is 3. The molecule has 1 aromatic carbocycles. The number of aromatic nitrogens is 1. The second kappa shape index (κ2) is 10.9. The highest BCUT2D eigenvalue weighted by atomic mass is 35.6. The van der Waals surface area contributed by atoms with E-state index in [9.17, 15) is 18.8 Å². The Bertz CT molecular complexity index is 1160. The monoisotopic (exact) mass is 560 g/mol. The van der Waals surface area contributed by atoms with E-state index in [-0.39, 0.29) is 18.9 Å². The number of cyclic esters (lactones) is 1. The summed E-state index contributed by atoms with van der Waals surface area (Å²) in [6.45, 7) is 0.278. The quantitative estimate of drug-likeness (QED) is 0.364. The van der Waals surface area contributed by atoms with Gasteiger partial charge in [-0.25, -0.2) is 14.0 Å². The van der Waals surface area contributed by atoms with Gasteiger partial charge in [0.15, 0.2) is 5.82 Å². The number of hydrogen-bond acceptors (Lipinski definition) is 7. The van der Waals surface area contributed by atoms with Crippen molar-refractivity contribution in [2.24, 2.45) is 0 Å². The fourth-order valence-electron chi connectivity index (χ4n) is 3.82. The number of carbonyl (C=O) groups is 3. The van der Waals surface area contributed by atoms with Gasteiger partial charge in [-0.3, -0.25) is 14.6 Å². The molecular weight excluding hydrogens is 542 g/mol. The topological polar surface area (TPSA) is 105 Å². The number of amides is 3. The summed E-state index contributed by atoms with van der Waals surface area (Å²) in [6, 6.07) is 5.85. The highest BCUT2D eigenvalue weighted by Crippen LogP contribution is 2.30. The van der Waals surface area contributed by atoms with Gasteiger partial charge in [0.1, 0.15) is 24.8 Å². The predicted molar refractivity (Wildman–Crippen MR) is 130 cm³/mol. The number of alkyl halides is 3. The van der Waals surface area contributed by atoms with Gasteiger partial charge in [-0.15, -0.1) is 0 Å². The van der Waals surface area contributed by atoms with E-state index in [0.29, 0.717) is 30.8 Å². The molecule has 2 aliphatic rings. The SMILES string of the molecule is O=CN1CC=C(c2ccc(N3C[C@H](CN(C(=O)OCC(Cl)(Cl)Cl)c4ccon4)OC3=O)cc2F)CC1. The van der Waals surface area contributed by atoms with Crippen LogP contribution in [0.15, 0.2) is 41.1 Å². The largest absolute Gasteiger partial charge is 0.445 e. The smallest absolute Gasteiger partial charge is 0.415 e. The van der Waals surface area contributed by atoms with Crippen LogP contribution in [0.4, 0.5) is 25.5 Å². The molecule has 2 aromatic rings. The van der Waals surface area contributed by atoms with Crippen LogP contribution in [-0.2, 0) is 14.3 Å². The Balaban J connectivity index is 1.45. The molecule has 4 rings (SSSR count). The molecule has 1 fully saturated rings. The number of benzene rings is 1.